The number of hydrogen-bond acceptors (Lipinski definition) is 3. The maximum absolute atomic E-state index is 6.25. The van der Waals surface area contributed by atoms with Gasteiger partial charge in [-0.25, -0.2) is 4.98 Å². The highest BCUT2D eigenvalue weighted by Crippen LogP contribution is 2.24. The Morgan fingerprint density at radius 3 is 3.00 bits per heavy atom. The zero-order chi connectivity index (χ0) is 13.0. The smallest absolute Gasteiger partial charge is 0.207 e. The van der Waals surface area contributed by atoms with E-state index in [0.29, 0.717) is 18.2 Å². The van der Waals surface area contributed by atoms with Crippen LogP contribution in [0.1, 0.15) is 5.56 Å². The van der Waals surface area contributed by atoms with Crippen LogP contribution < -0.4 is 5.32 Å². The lowest BCUT2D eigenvalue weighted by Crippen LogP contribution is -2.11. The predicted molar refractivity (Wildman–Crippen MR) is 73.7 cm³/mol. The van der Waals surface area contributed by atoms with E-state index in [1.54, 1.807) is 13.3 Å². The lowest BCUT2D eigenvalue weighted by Gasteiger charge is -2.11. The molecule has 0 radical (unpaired) electrons. The summed E-state index contributed by atoms with van der Waals surface area (Å²) in [7, 11) is 1.67. The minimum Gasteiger partial charge on any atom is -0.383 e. The lowest BCUT2D eigenvalue weighted by atomic mass is 10.2. The van der Waals surface area contributed by atoms with Crippen LogP contribution >= 0.6 is 11.6 Å². The van der Waals surface area contributed by atoms with Crippen molar-refractivity contribution in [3.63, 3.8) is 0 Å². The molecule has 0 saturated carbocycles. The highest BCUT2D eigenvalue weighted by molar-refractivity contribution is 6.32. The fourth-order valence-corrected chi connectivity index (χ4v) is 2.03. The molecular weight excluding hydrogens is 250 g/mol. The first-order chi connectivity index (χ1) is 8.72. The Labute approximate surface area is 112 Å². The molecule has 96 valence electrons. The molecule has 1 aromatic carbocycles. The number of nitrogens with one attached hydrogen (secondary N) is 1. The van der Waals surface area contributed by atoms with Crippen molar-refractivity contribution in [2.45, 2.75) is 6.92 Å². The molecule has 4 nitrogen and oxygen atoms in total. The third kappa shape index (κ3) is 2.83. The Kier molecular flexibility index (Phi) is 4.23. The number of aromatic nitrogens is 2. The van der Waals surface area contributed by atoms with Gasteiger partial charge in [-0.15, -0.1) is 0 Å². The Morgan fingerprint density at radius 1 is 1.44 bits per heavy atom. The van der Waals surface area contributed by atoms with Crippen LogP contribution in [0.15, 0.2) is 30.6 Å². The van der Waals surface area contributed by atoms with E-state index in [2.05, 4.69) is 10.3 Å². The summed E-state index contributed by atoms with van der Waals surface area (Å²) < 4.78 is 6.93. The number of rotatable bonds is 5. The molecule has 18 heavy (non-hydrogen) atoms. The Morgan fingerprint density at radius 2 is 2.28 bits per heavy atom. The van der Waals surface area contributed by atoms with Crippen molar-refractivity contribution in [2.75, 3.05) is 25.6 Å². The van der Waals surface area contributed by atoms with Gasteiger partial charge in [0.1, 0.15) is 0 Å². The Hall–Kier alpha value is -1.52. The number of ether oxygens (including phenoxy) is 1. The zero-order valence-electron chi connectivity index (χ0n) is 10.5. The second-order valence-electron chi connectivity index (χ2n) is 4.00. The first kappa shape index (κ1) is 12.9. The van der Waals surface area contributed by atoms with Crippen molar-refractivity contribution in [3.05, 3.63) is 41.2 Å². The third-order valence-electron chi connectivity index (χ3n) is 2.59. The van der Waals surface area contributed by atoms with Crippen LogP contribution in [0.3, 0.4) is 0 Å². The molecule has 1 N–H and O–H groups in total. The van der Waals surface area contributed by atoms with E-state index < -0.39 is 0 Å². The summed E-state index contributed by atoms with van der Waals surface area (Å²) in [4.78, 5) is 4.27. The summed E-state index contributed by atoms with van der Waals surface area (Å²) in [5.41, 5.74) is 2.05. The van der Waals surface area contributed by atoms with Crippen LogP contribution in [0.25, 0.3) is 5.69 Å². The molecule has 0 unspecified atom stereocenters. The van der Waals surface area contributed by atoms with Crippen molar-refractivity contribution in [3.8, 4) is 5.69 Å². The fourth-order valence-electron chi connectivity index (χ4n) is 1.70. The minimum absolute atomic E-state index is 0.633. The SMILES string of the molecule is COCCNc1nccn1-c1ccc(C)cc1Cl. The first-order valence-electron chi connectivity index (χ1n) is 5.75. The molecule has 0 fully saturated rings. The lowest BCUT2D eigenvalue weighted by molar-refractivity contribution is 0.210. The van der Waals surface area contributed by atoms with Gasteiger partial charge in [-0.2, -0.15) is 0 Å². The molecule has 1 heterocycles. The van der Waals surface area contributed by atoms with Gasteiger partial charge in [0.25, 0.3) is 0 Å². The molecule has 0 atom stereocenters. The van der Waals surface area contributed by atoms with E-state index in [1.807, 2.05) is 35.9 Å². The van der Waals surface area contributed by atoms with Gasteiger partial charge in [-0.3, -0.25) is 4.57 Å². The number of halogens is 1. The number of hydrogen-bond donors (Lipinski definition) is 1. The molecule has 0 aliphatic heterocycles. The van der Waals surface area contributed by atoms with Crippen molar-refractivity contribution in [2.24, 2.45) is 0 Å². The standard InChI is InChI=1S/C13H16ClN3O/c1-10-3-4-12(11(14)9-10)17-7-5-15-13(17)16-6-8-18-2/h3-5,7,9H,6,8H2,1-2H3,(H,15,16). The normalized spacial score (nSPS) is 10.6. The van der Waals surface area contributed by atoms with E-state index in [0.717, 1.165) is 17.2 Å². The van der Waals surface area contributed by atoms with Gasteiger partial charge in [0.15, 0.2) is 0 Å². The molecule has 1 aromatic heterocycles. The second kappa shape index (κ2) is 5.89. The molecule has 0 bridgehead atoms. The minimum atomic E-state index is 0.633. The van der Waals surface area contributed by atoms with Crippen molar-refractivity contribution < 1.29 is 4.74 Å². The maximum Gasteiger partial charge on any atom is 0.207 e. The first-order valence-corrected chi connectivity index (χ1v) is 6.13. The van der Waals surface area contributed by atoms with Crippen LogP contribution in [-0.4, -0.2) is 29.8 Å². The highest BCUT2D eigenvalue weighted by atomic mass is 35.5. The number of aryl methyl sites for hydroxylation is 1. The summed E-state index contributed by atoms with van der Waals surface area (Å²) in [6.45, 7) is 3.35. The Bertz CT molecular complexity index is 525. The second-order valence-corrected chi connectivity index (χ2v) is 4.40. The van der Waals surface area contributed by atoms with E-state index in [1.165, 1.54) is 0 Å². The van der Waals surface area contributed by atoms with E-state index in [4.69, 9.17) is 16.3 Å². The number of anilines is 1. The molecule has 0 aliphatic carbocycles. The number of methoxy groups -OCH3 is 1. The van der Waals surface area contributed by atoms with Gasteiger partial charge >= 0.3 is 0 Å². The van der Waals surface area contributed by atoms with Crippen molar-refractivity contribution in [1.82, 2.24) is 9.55 Å². The van der Waals surface area contributed by atoms with Gasteiger partial charge in [0.2, 0.25) is 5.95 Å². The largest absolute Gasteiger partial charge is 0.383 e. The van der Waals surface area contributed by atoms with Crippen LogP contribution in [0.2, 0.25) is 5.02 Å². The van der Waals surface area contributed by atoms with Crippen LogP contribution in [0.4, 0.5) is 5.95 Å². The monoisotopic (exact) mass is 265 g/mol. The molecule has 2 rings (SSSR count). The van der Waals surface area contributed by atoms with Gasteiger partial charge in [0.05, 0.1) is 17.3 Å². The van der Waals surface area contributed by atoms with Gasteiger partial charge in [-0.1, -0.05) is 17.7 Å². The van der Waals surface area contributed by atoms with E-state index in [9.17, 15) is 0 Å². The summed E-state index contributed by atoms with van der Waals surface area (Å²) in [6, 6.07) is 5.96. The number of imidazole rings is 1. The Balaban J connectivity index is 2.25. The predicted octanol–water partition coefficient (Wildman–Crippen LogP) is 2.89. The topological polar surface area (TPSA) is 39.1 Å². The molecule has 0 spiro atoms. The molecule has 0 amide bonds. The van der Waals surface area contributed by atoms with Crippen molar-refractivity contribution >= 4 is 17.5 Å². The zero-order valence-corrected chi connectivity index (χ0v) is 11.2. The van der Waals surface area contributed by atoms with Crippen LogP contribution in [0.5, 0.6) is 0 Å². The highest BCUT2D eigenvalue weighted by Gasteiger charge is 2.07. The quantitative estimate of drug-likeness (QED) is 0.845. The van der Waals surface area contributed by atoms with E-state index >= 15 is 0 Å². The maximum atomic E-state index is 6.25. The van der Waals surface area contributed by atoms with Crippen LogP contribution in [0, 0.1) is 6.92 Å². The fraction of sp³-hybridized carbons (Fsp3) is 0.308. The van der Waals surface area contributed by atoms with Gasteiger partial charge in [-0.05, 0) is 24.6 Å². The van der Waals surface area contributed by atoms with Crippen molar-refractivity contribution in [1.29, 1.82) is 0 Å². The summed E-state index contributed by atoms with van der Waals surface area (Å²) in [5.74, 6) is 0.762. The average Bonchev–Trinajstić information content (AvgIpc) is 2.78. The summed E-state index contributed by atoms with van der Waals surface area (Å²) in [6.07, 6.45) is 3.62. The molecule has 0 saturated heterocycles. The molecular formula is C13H16ClN3O. The summed E-state index contributed by atoms with van der Waals surface area (Å²) >= 11 is 6.25. The molecule has 5 heteroatoms. The average molecular weight is 266 g/mol. The van der Waals surface area contributed by atoms with E-state index in [-0.39, 0.29) is 0 Å². The number of nitrogens with zero attached hydrogens (tertiary/aromatic N) is 2. The molecule has 2 aromatic rings. The van der Waals surface area contributed by atoms with Gasteiger partial charge < -0.3 is 10.1 Å². The third-order valence-corrected chi connectivity index (χ3v) is 2.90. The molecule has 0 aliphatic rings. The van der Waals surface area contributed by atoms with Crippen LogP contribution in [-0.2, 0) is 4.74 Å². The van der Waals surface area contributed by atoms with Gasteiger partial charge in [0, 0.05) is 26.0 Å². The summed E-state index contributed by atoms with van der Waals surface area (Å²) in [5, 5.41) is 3.91. The number of benzene rings is 1.